The Hall–Kier alpha value is -1.36. The van der Waals surface area contributed by atoms with Gasteiger partial charge in [0.25, 0.3) is 0 Å². The van der Waals surface area contributed by atoms with Gasteiger partial charge in [0.2, 0.25) is 0 Å². The molecule has 0 bridgehead atoms. The number of ether oxygens (including phenoxy) is 1. The summed E-state index contributed by atoms with van der Waals surface area (Å²) in [6.07, 6.45) is 1.68. The topological polar surface area (TPSA) is 46.6 Å². The molecule has 1 aliphatic rings. The van der Waals surface area contributed by atoms with E-state index in [2.05, 4.69) is 0 Å². The van der Waals surface area contributed by atoms with Crippen molar-refractivity contribution >= 4 is 17.1 Å². The predicted molar refractivity (Wildman–Crippen MR) is 61.2 cm³/mol. The van der Waals surface area contributed by atoms with Crippen molar-refractivity contribution in [2.75, 3.05) is 12.9 Å². The third-order valence-corrected chi connectivity index (χ3v) is 3.50. The van der Waals surface area contributed by atoms with Crippen LogP contribution in [0.1, 0.15) is 5.56 Å². The third kappa shape index (κ3) is 2.24. The molecule has 1 aromatic rings. The molecular formula is C11H13NO3S. The first-order valence-corrected chi connectivity index (χ1v) is 6.53. The fourth-order valence-electron chi connectivity index (χ4n) is 1.79. The highest BCUT2D eigenvalue weighted by molar-refractivity contribution is 7.82. The minimum atomic E-state index is -1.32. The Bertz CT molecular complexity index is 407. The van der Waals surface area contributed by atoms with Crippen molar-refractivity contribution in [3.05, 3.63) is 35.9 Å². The van der Waals surface area contributed by atoms with E-state index < -0.39 is 17.1 Å². The van der Waals surface area contributed by atoms with Crippen LogP contribution in [0.4, 0.5) is 4.79 Å². The quantitative estimate of drug-likeness (QED) is 0.799. The van der Waals surface area contributed by atoms with Gasteiger partial charge in [-0.3, -0.25) is 0 Å². The second kappa shape index (κ2) is 4.65. The summed E-state index contributed by atoms with van der Waals surface area (Å²) in [6.45, 7) is 0.313. The number of carbonyl (C=O) groups is 1. The zero-order chi connectivity index (χ0) is 11.5. The first-order chi connectivity index (χ1) is 7.68. The highest BCUT2D eigenvalue weighted by Gasteiger charge is 2.35. The first kappa shape index (κ1) is 11.1. The number of hydrogen-bond donors (Lipinski definition) is 0. The van der Waals surface area contributed by atoms with Crippen LogP contribution in [-0.2, 0) is 22.1 Å². The summed E-state index contributed by atoms with van der Waals surface area (Å²) in [6, 6.07) is 9.68. The van der Waals surface area contributed by atoms with Gasteiger partial charge < -0.3 is 4.74 Å². The lowest BCUT2D eigenvalue weighted by molar-refractivity contribution is 0.170. The van der Waals surface area contributed by atoms with E-state index in [1.165, 1.54) is 10.6 Å². The van der Waals surface area contributed by atoms with Crippen molar-refractivity contribution in [1.29, 1.82) is 0 Å². The largest absolute Gasteiger partial charge is 0.446 e. The van der Waals surface area contributed by atoms with Crippen LogP contribution in [0.25, 0.3) is 0 Å². The van der Waals surface area contributed by atoms with Gasteiger partial charge in [-0.15, -0.1) is 0 Å². The van der Waals surface area contributed by atoms with Gasteiger partial charge in [0.1, 0.15) is 17.6 Å². The molecule has 0 saturated carbocycles. The molecule has 1 saturated heterocycles. The van der Waals surface area contributed by atoms with Crippen LogP contribution in [0.2, 0.25) is 0 Å². The van der Waals surface area contributed by atoms with Crippen LogP contribution < -0.4 is 0 Å². The second-order valence-corrected chi connectivity index (χ2v) is 4.91. The van der Waals surface area contributed by atoms with Crippen molar-refractivity contribution in [2.45, 2.75) is 12.5 Å². The molecule has 1 aliphatic heterocycles. The van der Waals surface area contributed by atoms with Crippen LogP contribution >= 0.6 is 0 Å². The van der Waals surface area contributed by atoms with Crippen molar-refractivity contribution in [3.63, 3.8) is 0 Å². The maximum absolute atomic E-state index is 11.4. The fourth-order valence-corrected chi connectivity index (χ4v) is 2.61. The lowest BCUT2D eigenvalue weighted by atomic mass is 10.1. The molecule has 1 aromatic carbocycles. The molecule has 0 aromatic heterocycles. The minimum absolute atomic E-state index is 0.124. The lowest BCUT2D eigenvalue weighted by Crippen LogP contribution is -2.35. The summed E-state index contributed by atoms with van der Waals surface area (Å²) in [5.74, 6) is 0. The molecule has 1 amide bonds. The highest BCUT2D eigenvalue weighted by Crippen LogP contribution is 2.18. The summed E-state index contributed by atoms with van der Waals surface area (Å²) in [5.41, 5.74) is 1.11. The number of cyclic esters (lactones) is 1. The number of rotatable bonds is 3. The van der Waals surface area contributed by atoms with E-state index in [1.807, 2.05) is 30.3 Å². The van der Waals surface area contributed by atoms with E-state index in [9.17, 15) is 9.00 Å². The van der Waals surface area contributed by atoms with E-state index in [0.29, 0.717) is 13.0 Å². The molecule has 0 N–H and O–H groups in total. The average molecular weight is 239 g/mol. The molecule has 1 heterocycles. The van der Waals surface area contributed by atoms with Gasteiger partial charge in [-0.25, -0.2) is 13.3 Å². The Morgan fingerprint density at radius 2 is 2.12 bits per heavy atom. The number of amides is 1. The molecule has 0 unspecified atom stereocenters. The molecule has 16 heavy (non-hydrogen) atoms. The highest BCUT2D eigenvalue weighted by atomic mass is 32.2. The van der Waals surface area contributed by atoms with Gasteiger partial charge in [0.05, 0.1) is 6.04 Å². The standard InChI is InChI=1S/C11H13NO3S/c1-16(14)12-10(8-15-11(12)13)7-9-5-3-2-4-6-9/h2-6,10H,7-8H2,1H3/t10-,16-/m0/s1. The Balaban J connectivity index is 2.10. The number of nitrogens with zero attached hydrogens (tertiary/aromatic N) is 1. The van der Waals surface area contributed by atoms with E-state index in [0.717, 1.165) is 5.56 Å². The minimum Gasteiger partial charge on any atom is -0.446 e. The number of carbonyl (C=O) groups excluding carboxylic acids is 1. The zero-order valence-electron chi connectivity index (χ0n) is 8.96. The smallest absolute Gasteiger partial charge is 0.422 e. The summed E-state index contributed by atoms with van der Waals surface area (Å²) < 4.78 is 17.6. The summed E-state index contributed by atoms with van der Waals surface area (Å²) in [4.78, 5) is 11.3. The van der Waals surface area contributed by atoms with Crippen LogP contribution in [-0.4, -0.2) is 33.5 Å². The van der Waals surface area contributed by atoms with Crippen molar-refractivity contribution in [2.24, 2.45) is 0 Å². The zero-order valence-corrected chi connectivity index (χ0v) is 9.78. The number of hydrogen-bond acceptors (Lipinski definition) is 3. The Morgan fingerprint density at radius 3 is 2.75 bits per heavy atom. The van der Waals surface area contributed by atoms with E-state index in [1.54, 1.807) is 0 Å². The number of benzene rings is 1. The van der Waals surface area contributed by atoms with Crippen molar-refractivity contribution < 1.29 is 13.7 Å². The summed E-state index contributed by atoms with van der Waals surface area (Å²) in [5, 5.41) is 0. The van der Waals surface area contributed by atoms with Crippen LogP contribution in [0.15, 0.2) is 30.3 Å². The van der Waals surface area contributed by atoms with Crippen LogP contribution in [0, 0.1) is 0 Å². The predicted octanol–water partition coefficient (Wildman–Crippen LogP) is 1.34. The SMILES string of the molecule is C[S@](=O)N1C(=O)OC[C@@H]1Cc1ccccc1. The molecule has 1 fully saturated rings. The fraction of sp³-hybridized carbons (Fsp3) is 0.364. The van der Waals surface area contributed by atoms with Crippen LogP contribution in [0.3, 0.4) is 0 Å². The Morgan fingerprint density at radius 1 is 1.44 bits per heavy atom. The maximum atomic E-state index is 11.4. The van der Waals surface area contributed by atoms with Gasteiger partial charge in [0, 0.05) is 6.26 Å². The van der Waals surface area contributed by atoms with E-state index in [-0.39, 0.29) is 6.04 Å². The second-order valence-electron chi connectivity index (χ2n) is 3.67. The first-order valence-electron chi connectivity index (χ1n) is 5.02. The summed E-state index contributed by atoms with van der Waals surface area (Å²) >= 11 is 0. The molecule has 5 heteroatoms. The Labute approximate surface area is 96.8 Å². The normalized spacial score (nSPS) is 21.9. The summed E-state index contributed by atoms with van der Waals surface area (Å²) in [7, 11) is -1.32. The van der Waals surface area contributed by atoms with Gasteiger partial charge >= 0.3 is 6.09 Å². The maximum Gasteiger partial charge on any atom is 0.422 e. The van der Waals surface area contributed by atoms with Gasteiger partial charge in [-0.05, 0) is 12.0 Å². The third-order valence-electron chi connectivity index (χ3n) is 2.50. The molecule has 0 spiro atoms. The molecule has 2 atom stereocenters. The molecule has 4 nitrogen and oxygen atoms in total. The van der Waals surface area contributed by atoms with Crippen molar-refractivity contribution in [1.82, 2.24) is 4.31 Å². The van der Waals surface area contributed by atoms with Gasteiger partial charge in [-0.1, -0.05) is 30.3 Å². The molecular weight excluding hydrogens is 226 g/mol. The van der Waals surface area contributed by atoms with Crippen LogP contribution in [0.5, 0.6) is 0 Å². The molecule has 0 aliphatic carbocycles. The van der Waals surface area contributed by atoms with Crippen molar-refractivity contribution in [3.8, 4) is 0 Å². The van der Waals surface area contributed by atoms with Gasteiger partial charge in [-0.2, -0.15) is 0 Å². The van der Waals surface area contributed by atoms with E-state index >= 15 is 0 Å². The van der Waals surface area contributed by atoms with E-state index in [4.69, 9.17) is 4.74 Å². The lowest BCUT2D eigenvalue weighted by Gasteiger charge is -2.17. The molecule has 2 rings (SSSR count). The molecule has 0 radical (unpaired) electrons. The average Bonchev–Trinajstić information content (AvgIpc) is 2.61. The van der Waals surface area contributed by atoms with Gasteiger partial charge in [0.15, 0.2) is 0 Å². The molecule has 86 valence electrons. The Kier molecular flexibility index (Phi) is 3.24. The monoisotopic (exact) mass is 239 g/mol.